The molecule has 0 bridgehead atoms. The molecule has 0 radical (unpaired) electrons. The number of benzene rings is 3. The number of ether oxygens (including phenoxy) is 2. The maximum Gasteiger partial charge on any atom is 0.162 e. The van der Waals surface area contributed by atoms with Gasteiger partial charge in [0.05, 0.1) is 23.7 Å². The quantitative estimate of drug-likeness (QED) is 0.335. The van der Waals surface area contributed by atoms with Gasteiger partial charge < -0.3 is 19.4 Å². The van der Waals surface area contributed by atoms with Gasteiger partial charge in [0.15, 0.2) is 17.3 Å². The highest BCUT2D eigenvalue weighted by Gasteiger charge is 2.20. The maximum absolute atomic E-state index is 13.6. The van der Waals surface area contributed by atoms with Gasteiger partial charge in [0.25, 0.3) is 0 Å². The first-order valence-corrected chi connectivity index (χ1v) is 11.8. The third-order valence-corrected chi connectivity index (χ3v) is 6.56. The zero-order valence-corrected chi connectivity index (χ0v) is 19.4. The van der Waals surface area contributed by atoms with Crippen molar-refractivity contribution in [3.8, 4) is 23.0 Å². The van der Waals surface area contributed by atoms with Gasteiger partial charge in [-0.1, -0.05) is 30.3 Å². The molecule has 0 atom stereocenters. The second-order valence-corrected chi connectivity index (χ2v) is 8.84. The van der Waals surface area contributed by atoms with Gasteiger partial charge in [0, 0.05) is 30.2 Å². The lowest BCUT2D eigenvalue weighted by molar-refractivity contribution is 0.277. The molecule has 178 valence electrons. The Balaban J connectivity index is 1.33. The van der Waals surface area contributed by atoms with Gasteiger partial charge in [-0.05, 0) is 42.7 Å². The summed E-state index contributed by atoms with van der Waals surface area (Å²) in [5.41, 5.74) is 5.47. The zero-order chi connectivity index (χ0) is 23.8. The van der Waals surface area contributed by atoms with E-state index in [1.54, 1.807) is 7.11 Å². The smallest absolute Gasteiger partial charge is 0.162 e. The normalized spacial score (nSPS) is 14.6. The number of aromatic amines is 2. The van der Waals surface area contributed by atoms with Crippen molar-refractivity contribution < 1.29 is 13.9 Å². The summed E-state index contributed by atoms with van der Waals surface area (Å²) in [7, 11) is 1.63. The fourth-order valence-electron chi connectivity index (χ4n) is 4.63. The number of aromatic nitrogens is 4. The first-order chi connectivity index (χ1) is 17.2. The number of nitrogens with zero attached hydrogens (tertiary/aromatic N) is 3. The first kappa shape index (κ1) is 21.5. The van der Waals surface area contributed by atoms with E-state index in [2.05, 4.69) is 32.2 Å². The third-order valence-electron chi connectivity index (χ3n) is 6.56. The Morgan fingerprint density at radius 1 is 1.00 bits per heavy atom. The van der Waals surface area contributed by atoms with Crippen LogP contribution in [0.2, 0.25) is 0 Å². The number of hydrogen-bond acceptors (Lipinski definition) is 5. The van der Waals surface area contributed by atoms with Crippen molar-refractivity contribution in [3.05, 3.63) is 66.2 Å². The topological polar surface area (TPSA) is 79.1 Å². The summed E-state index contributed by atoms with van der Waals surface area (Å²) in [6.45, 7) is 1.89. The predicted octanol–water partition coefficient (Wildman–Crippen LogP) is 5.63. The molecule has 6 rings (SSSR count). The van der Waals surface area contributed by atoms with Crippen LogP contribution in [-0.2, 0) is 6.61 Å². The summed E-state index contributed by atoms with van der Waals surface area (Å²) in [6.07, 6.45) is 0.453. The van der Waals surface area contributed by atoms with Crippen molar-refractivity contribution >= 4 is 27.6 Å². The van der Waals surface area contributed by atoms with Crippen molar-refractivity contribution in [2.45, 2.75) is 25.6 Å². The molecule has 8 heteroatoms. The molecule has 3 heterocycles. The summed E-state index contributed by atoms with van der Waals surface area (Å²) in [5.74, 6) is 1.95. The first-order valence-electron chi connectivity index (χ1n) is 11.8. The summed E-state index contributed by atoms with van der Waals surface area (Å²) >= 11 is 0. The minimum atomic E-state index is -0.693. The van der Waals surface area contributed by atoms with E-state index in [9.17, 15) is 4.39 Å². The number of halogens is 1. The number of alkyl halides is 1. The van der Waals surface area contributed by atoms with Crippen molar-refractivity contribution in [2.24, 2.45) is 0 Å². The van der Waals surface area contributed by atoms with Crippen LogP contribution in [0.5, 0.6) is 11.5 Å². The van der Waals surface area contributed by atoms with E-state index in [1.807, 2.05) is 48.5 Å². The molecule has 1 fully saturated rings. The molecule has 2 N–H and O–H groups in total. The molecule has 3 aromatic carbocycles. The SMILES string of the molecule is COc1cc2[nH]nc(-c3nc4ccc(N5CCC(F)CC5)cc4[nH]3)c2cc1OCc1ccccc1. The molecular weight excluding hydrogens is 445 g/mol. The van der Waals surface area contributed by atoms with Gasteiger partial charge in [0.1, 0.15) is 18.5 Å². The molecule has 0 saturated carbocycles. The number of fused-ring (bicyclic) bond motifs is 2. The molecule has 1 aliphatic rings. The number of rotatable bonds is 6. The molecule has 35 heavy (non-hydrogen) atoms. The van der Waals surface area contributed by atoms with Crippen molar-refractivity contribution in [1.29, 1.82) is 0 Å². The van der Waals surface area contributed by atoms with E-state index < -0.39 is 6.17 Å². The van der Waals surface area contributed by atoms with Gasteiger partial charge in [-0.2, -0.15) is 5.10 Å². The van der Waals surface area contributed by atoms with E-state index in [4.69, 9.17) is 14.5 Å². The van der Waals surface area contributed by atoms with Gasteiger partial charge in [-0.25, -0.2) is 9.37 Å². The monoisotopic (exact) mass is 471 g/mol. The number of piperidine rings is 1. The molecule has 0 amide bonds. The van der Waals surface area contributed by atoms with Gasteiger partial charge in [0.2, 0.25) is 0 Å². The fraction of sp³-hybridized carbons (Fsp3) is 0.259. The van der Waals surface area contributed by atoms with Gasteiger partial charge >= 0.3 is 0 Å². The highest BCUT2D eigenvalue weighted by Crippen LogP contribution is 2.36. The summed E-state index contributed by atoms with van der Waals surface area (Å²) < 4.78 is 25.2. The fourth-order valence-corrected chi connectivity index (χ4v) is 4.63. The molecule has 7 nitrogen and oxygen atoms in total. The number of anilines is 1. The van der Waals surface area contributed by atoms with E-state index in [0.29, 0.717) is 42.5 Å². The van der Waals surface area contributed by atoms with Crippen LogP contribution in [0.3, 0.4) is 0 Å². The van der Waals surface area contributed by atoms with Crippen LogP contribution < -0.4 is 14.4 Å². The Hall–Kier alpha value is -4.07. The zero-order valence-electron chi connectivity index (χ0n) is 19.4. The minimum absolute atomic E-state index is 0.433. The predicted molar refractivity (Wildman–Crippen MR) is 135 cm³/mol. The van der Waals surface area contributed by atoms with Crippen LogP contribution in [0.25, 0.3) is 33.5 Å². The lowest BCUT2D eigenvalue weighted by atomic mass is 10.1. The molecule has 0 unspecified atom stereocenters. The second kappa shape index (κ2) is 8.94. The molecule has 0 aliphatic carbocycles. The molecule has 1 aliphatic heterocycles. The van der Waals surface area contributed by atoms with E-state index in [0.717, 1.165) is 46.3 Å². The van der Waals surface area contributed by atoms with E-state index in [1.165, 1.54) is 0 Å². The Labute approximate surface area is 201 Å². The molecule has 2 aromatic heterocycles. The van der Waals surface area contributed by atoms with Crippen LogP contribution >= 0.6 is 0 Å². The number of nitrogens with one attached hydrogen (secondary N) is 2. The van der Waals surface area contributed by atoms with Crippen LogP contribution in [0, 0.1) is 0 Å². The van der Waals surface area contributed by atoms with Crippen molar-refractivity contribution in [1.82, 2.24) is 20.2 Å². The number of imidazole rings is 1. The lowest BCUT2D eigenvalue weighted by Crippen LogP contribution is -2.34. The van der Waals surface area contributed by atoms with E-state index in [-0.39, 0.29) is 0 Å². The minimum Gasteiger partial charge on any atom is -0.493 e. The van der Waals surface area contributed by atoms with Crippen LogP contribution in [-0.4, -0.2) is 46.5 Å². The van der Waals surface area contributed by atoms with Crippen LogP contribution in [0.1, 0.15) is 18.4 Å². The maximum atomic E-state index is 13.6. The number of hydrogen-bond donors (Lipinski definition) is 2. The van der Waals surface area contributed by atoms with Gasteiger partial charge in [-0.15, -0.1) is 0 Å². The average molecular weight is 472 g/mol. The Kier molecular flexibility index (Phi) is 5.48. The Morgan fingerprint density at radius 3 is 2.63 bits per heavy atom. The number of methoxy groups -OCH3 is 1. The molecule has 1 saturated heterocycles. The average Bonchev–Trinajstić information content (AvgIpc) is 3.51. The van der Waals surface area contributed by atoms with Crippen molar-refractivity contribution in [2.75, 3.05) is 25.1 Å². The highest BCUT2D eigenvalue weighted by molar-refractivity contribution is 5.95. The summed E-state index contributed by atoms with van der Waals surface area (Å²) in [5, 5.41) is 8.51. The van der Waals surface area contributed by atoms with Crippen molar-refractivity contribution in [3.63, 3.8) is 0 Å². The van der Waals surface area contributed by atoms with E-state index >= 15 is 0 Å². The second-order valence-electron chi connectivity index (χ2n) is 8.84. The van der Waals surface area contributed by atoms with Crippen LogP contribution in [0.15, 0.2) is 60.7 Å². The highest BCUT2D eigenvalue weighted by atomic mass is 19.1. The summed E-state index contributed by atoms with van der Waals surface area (Å²) in [6, 6.07) is 20.0. The lowest BCUT2D eigenvalue weighted by Gasteiger charge is -2.30. The Morgan fingerprint density at radius 2 is 1.83 bits per heavy atom. The summed E-state index contributed by atoms with van der Waals surface area (Å²) in [4.78, 5) is 10.4. The molecule has 5 aromatic rings. The largest absolute Gasteiger partial charge is 0.493 e. The standard InChI is InChI=1S/C27H26FN5O2/c1-34-24-15-22-20(14-25(24)35-16-17-5-3-2-4-6-17)26(32-31-22)27-29-21-8-7-19(13-23(21)30-27)33-11-9-18(28)10-12-33/h2-8,13-15,18H,9-12,16H2,1H3,(H,29,30)(H,31,32). The molecule has 0 spiro atoms. The molecular formula is C27H26FN5O2. The third kappa shape index (κ3) is 4.16. The van der Waals surface area contributed by atoms with Crippen LogP contribution in [0.4, 0.5) is 10.1 Å². The van der Waals surface area contributed by atoms with Gasteiger partial charge in [-0.3, -0.25) is 5.10 Å². The number of H-pyrrole nitrogens is 2. The Bertz CT molecular complexity index is 1470.